The summed E-state index contributed by atoms with van der Waals surface area (Å²) < 4.78 is 11.5. The van der Waals surface area contributed by atoms with Gasteiger partial charge in [-0.3, -0.25) is 0 Å². The van der Waals surface area contributed by atoms with Crippen LogP contribution in [0.1, 0.15) is 0 Å². The zero-order valence-corrected chi connectivity index (χ0v) is 10.0. The SMILES string of the molecule is CB1Oc2cc3c(cc2N1C)N(C)B(C)O3. The molecule has 16 heavy (non-hydrogen) atoms. The molecule has 3 rings (SSSR count). The van der Waals surface area contributed by atoms with Gasteiger partial charge in [-0.25, -0.2) is 0 Å². The summed E-state index contributed by atoms with van der Waals surface area (Å²) in [5, 5.41) is 0. The summed E-state index contributed by atoms with van der Waals surface area (Å²) in [6, 6.07) is 4.13. The third kappa shape index (κ3) is 1.13. The van der Waals surface area contributed by atoms with E-state index in [2.05, 4.69) is 15.7 Å². The highest BCUT2D eigenvalue weighted by Gasteiger charge is 2.35. The van der Waals surface area contributed by atoms with E-state index in [4.69, 9.17) is 9.31 Å². The fraction of sp³-hybridized carbons (Fsp3) is 0.400. The molecule has 1 aromatic rings. The highest BCUT2D eigenvalue weighted by atomic mass is 16.5. The fourth-order valence-corrected chi connectivity index (χ4v) is 2.20. The second kappa shape index (κ2) is 3.03. The van der Waals surface area contributed by atoms with E-state index in [0.717, 1.165) is 22.9 Å². The van der Waals surface area contributed by atoms with E-state index < -0.39 is 0 Å². The van der Waals surface area contributed by atoms with Crippen molar-refractivity contribution in [2.75, 3.05) is 23.7 Å². The Balaban J connectivity index is 2.10. The monoisotopic (exact) mass is 216 g/mol. The molecule has 0 aliphatic carbocycles. The molecule has 2 aliphatic heterocycles. The second-order valence-electron chi connectivity index (χ2n) is 4.44. The van der Waals surface area contributed by atoms with Crippen LogP contribution in [0.5, 0.6) is 11.5 Å². The lowest BCUT2D eigenvalue weighted by Gasteiger charge is -2.15. The van der Waals surface area contributed by atoms with Crippen LogP contribution in [0.15, 0.2) is 12.1 Å². The van der Waals surface area contributed by atoms with Gasteiger partial charge in [0.1, 0.15) is 11.5 Å². The third-order valence-corrected chi connectivity index (χ3v) is 3.49. The Morgan fingerprint density at radius 2 is 1.31 bits per heavy atom. The van der Waals surface area contributed by atoms with Crippen LogP contribution in [0.4, 0.5) is 11.4 Å². The Hall–Kier alpha value is -1.45. The van der Waals surface area contributed by atoms with Crippen LogP contribution in [-0.2, 0) is 0 Å². The van der Waals surface area contributed by atoms with Crippen molar-refractivity contribution < 1.29 is 9.31 Å². The van der Waals surface area contributed by atoms with Gasteiger partial charge in [0, 0.05) is 6.07 Å². The summed E-state index contributed by atoms with van der Waals surface area (Å²) >= 11 is 0. The second-order valence-corrected chi connectivity index (χ2v) is 4.44. The van der Waals surface area contributed by atoms with E-state index in [-0.39, 0.29) is 14.1 Å². The topological polar surface area (TPSA) is 24.9 Å². The van der Waals surface area contributed by atoms with Gasteiger partial charge in [0.2, 0.25) is 0 Å². The maximum atomic E-state index is 5.74. The Labute approximate surface area is 96.4 Å². The summed E-state index contributed by atoms with van der Waals surface area (Å²) in [5.74, 6) is 1.83. The lowest BCUT2D eigenvalue weighted by atomic mass is 9.86. The molecular weight excluding hydrogens is 202 g/mol. The minimum absolute atomic E-state index is 0.0975. The van der Waals surface area contributed by atoms with Crippen LogP contribution in [0.3, 0.4) is 0 Å². The van der Waals surface area contributed by atoms with Gasteiger partial charge in [-0.05, 0) is 33.8 Å². The van der Waals surface area contributed by atoms with E-state index in [1.54, 1.807) is 0 Å². The van der Waals surface area contributed by atoms with Gasteiger partial charge in [0.05, 0.1) is 11.4 Å². The number of anilines is 2. The summed E-state index contributed by atoms with van der Waals surface area (Å²) in [6.45, 7) is 4.08. The van der Waals surface area contributed by atoms with E-state index in [1.807, 2.05) is 33.8 Å². The Morgan fingerprint density at radius 3 is 1.75 bits per heavy atom. The molecule has 0 radical (unpaired) electrons. The maximum absolute atomic E-state index is 5.74. The predicted octanol–water partition coefficient (Wildman–Crippen LogP) is 1.58. The average Bonchev–Trinajstić information content (AvgIpc) is 2.66. The molecule has 6 heteroatoms. The molecule has 1 aromatic carbocycles. The van der Waals surface area contributed by atoms with Crippen molar-refractivity contribution in [2.45, 2.75) is 13.6 Å². The first-order valence-electron chi connectivity index (χ1n) is 5.55. The van der Waals surface area contributed by atoms with E-state index in [1.165, 1.54) is 0 Å². The molecule has 82 valence electrons. The molecule has 4 nitrogen and oxygen atoms in total. The number of nitrogens with zero attached hydrogens (tertiary/aromatic N) is 2. The molecule has 0 bridgehead atoms. The van der Waals surface area contributed by atoms with Crippen molar-refractivity contribution >= 4 is 25.5 Å². The van der Waals surface area contributed by atoms with E-state index in [9.17, 15) is 0 Å². The summed E-state index contributed by atoms with van der Waals surface area (Å²) in [5.41, 5.74) is 2.27. The molecule has 0 aromatic heterocycles. The van der Waals surface area contributed by atoms with Crippen molar-refractivity contribution in [3.05, 3.63) is 12.1 Å². The molecule has 0 saturated carbocycles. The minimum atomic E-state index is 0.0975. The Morgan fingerprint density at radius 1 is 0.875 bits per heavy atom. The fourth-order valence-electron chi connectivity index (χ4n) is 2.20. The zero-order valence-electron chi connectivity index (χ0n) is 10.0. The number of hydrogen-bond acceptors (Lipinski definition) is 4. The molecular formula is C10H14B2N2O2. The van der Waals surface area contributed by atoms with Crippen LogP contribution in [0.25, 0.3) is 0 Å². The van der Waals surface area contributed by atoms with Crippen LogP contribution >= 0.6 is 0 Å². The van der Waals surface area contributed by atoms with Crippen LogP contribution < -0.4 is 18.9 Å². The average molecular weight is 216 g/mol. The van der Waals surface area contributed by atoms with Gasteiger partial charge in [0.25, 0.3) is 0 Å². The zero-order chi connectivity index (χ0) is 11.4. The molecule has 0 spiro atoms. The van der Waals surface area contributed by atoms with Gasteiger partial charge in [-0.15, -0.1) is 0 Å². The normalized spacial score (nSPS) is 17.2. The summed E-state index contributed by atoms with van der Waals surface area (Å²) in [4.78, 5) is 4.26. The van der Waals surface area contributed by atoms with Crippen LogP contribution in [0, 0.1) is 0 Å². The molecule has 0 N–H and O–H groups in total. The number of fused-ring (bicyclic) bond motifs is 2. The highest BCUT2D eigenvalue weighted by molar-refractivity contribution is 6.59. The van der Waals surface area contributed by atoms with E-state index in [0.29, 0.717) is 0 Å². The first-order valence-corrected chi connectivity index (χ1v) is 5.55. The summed E-state index contributed by atoms with van der Waals surface area (Å²) in [6.07, 6.45) is 0. The van der Waals surface area contributed by atoms with Gasteiger partial charge in [-0.2, -0.15) is 0 Å². The standard InChI is InChI=1S/C10H14B2N2O2/c1-11-13(3)7-5-8-10(6-9(7)15-11)16-12(2)14(8)4/h5-6H,1-4H3. The number of hydrogen-bond donors (Lipinski definition) is 0. The van der Waals surface area contributed by atoms with Crippen molar-refractivity contribution in [2.24, 2.45) is 0 Å². The molecule has 0 saturated heterocycles. The number of rotatable bonds is 0. The molecule has 0 amide bonds. The lowest BCUT2D eigenvalue weighted by molar-refractivity contribution is 0.574. The Bertz CT molecular complexity index is 417. The van der Waals surface area contributed by atoms with Crippen LogP contribution in [0.2, 0.25) is 13.6 Å². The first kappa shape index (κ1) is 9.75. The molecule has 0 fully saturated rings. The van der Waals surface area contributed by atoms with Gasteiger partial charge >= 0.3 is 14.1 Å². The molecule has 0 atom stereocenters. The highest BCUT2D eigenvalue weighted by Crippen LogP contribution is 2.46. The van der Waals surface area contributed by atoms with Crippen LogP contribution in [-0.4, -0.2) is 28.2 Å². The van der Waals surface area contributed by atoms with Crippen molar-refractivity contribution in [1.29, 1.82) is 0 Å². The quantitative estimate of drug-likeness (QED) is 0.614. The van der Waals surface area contributed by atoms with E-state index >= 15 is 0 Å². The smallest absolute Gasteiger partial charge is 0.479 e. The summed E-state index contributed by atoms with van der Waals surface area (Å²) in [7, 11) is 4.28. The Kier molecular flexibility index (Phi) is 1.85. The predicted molar refractivity (Wildman–Crippen MR) is 67.7 cm³/mol. The maximum Gasteiger partial charge on any atom is 0.479 e. The minimum Gasteiger partial charge on any atom is -0.540 e. The first-order chi connectivity index (χ1) is 7.58. The molecule has 0 unspecified atom stereocenters. The van der Waals surface area contributed by atoms with Crippen molar-refractivity contribution in [3.8, 4) is 11.5 Å². The lowest BCUT2D eigenvalue weighted by Crippen LogP contribution is -2.33. The van der Waals surface area contributed by atoms with Crippen molar-refractivity contribution in [3.63, 3.8) is 0 Å². The molecule has 2 aliphatic rings. The third-order valence-electron chi connectivity index (χ3n) is 3.49. The number of benzene rings is 1. The van der Waals surface area contributed by atoms with Crippen molar-refractivity contribution in [1.82, 2.24) is 0 Å². The van der Waals surface area contributed by atoms with Gasteiger partial charge < -0.3 is 18.9 Å². The van der Waals surface area contributed by atoms with Gasteiger partial charge in [-0.1, -0.05) is 0 Å². The molecule has 2 heterocycles. The largest absolute Gasteiger partial charge is 0.540 e. The van der Waals surface area contributed by atoms with Gasteiger partial charge in [0.15, 0.2) is 0 Å².